The minimum Gasteiger partial charge on any atom is -0.356 e. The SMILES string of the molecule is CCCNC(=O)CCCC(=O)c1ccc(F)cc1. The molecule has 0 saturated heterocycles. The Bertz CT molecular complexity index is 401. The molecule has 1 aromatic carbocycles. The fraction of sp³-hybridized carbons (Fsp3) is 0.429. The number of ketones is 1. The summed E-state index contributed by atoms with van der Waals surface area (Å²) in [6, 6.07) is 5.46. The number of amides is 1. The molecule has 1 N–H and O–H groups in total. The van der Waals surface area contributed by atoms with E-state index in [1.165, 1.54) is 24.3 Å². The Labute approximate surface area is 106 Å². The van der Waals surface area contributed by atoms with Gasteiger partial charge in [0.1, 0.15) is 5.82 Å². The van der Waals surface area contributed by atoms with Crippen LogP contribution in [0.3, 0.4) is 0 Å². The number of benzene rings is 1. The van der Waals surface area contributed by atoms with E-state index < -0.39 is 0 Å². The maximum atomic E-state index is 12.7. The summed E-state index contributed by atoms with van der Waals surface area (Å²) in [5.41, 5.74) is 0.491. The fourth-order valence-corrected chi connectivity index (χ4v) is 1.54. The number of nitrogens with one attached hydrogen (secondary N) is 1. The van der Waals surface area contributed by atoms with Crippen LogP contribution in [0.5, 0.6) is 0 Å². The van der Waals surface area contributed by atoms with Gasteiger partial charge in [-0.1, -0.05) is 6.92 Å². The Morgan fingerprint density at radius 2 is 1.83 bits per heavy atom. The molecule has 0 spiro atoms. The standard InChI is InChI=1S/C14H18FNO2/c1-2-10-16-14(18)5-3-4-13(17)11-6-8-12(15)9-7-11/h6-9H,2-5,10H2,1H3,(H,16,18). The number of Topliss-reactive ketones (excluding diaryl/α,β-unsaturated/α-hetero) is 1. The van der Waals surface area contributed by atoms with E-state index in [1.54, 1.807) is 0 Å². The van der Waals surface area contributed by atoms with Gasteiger partial charge >= 0.3 is 0 Å². The van der Waals surface area contributed by atoms with Gasteiger partial charge in [0, 0.05) is 24.9 Å². The van der Waals surface area contributed by atoms with E-state index in [4.69, 9.17) is 0 Å². The highest BCUT2D eigenvalue weighted by Gasteiger charge is 2.07. The van der Waals surface area contributed by atoms with E-state index in [0.717, 1.165) is 6.42 Å². The first-order valence-corrected chi connectivity index (χ1v) is 6.19. The van der Waals surface area contributed by atoms with Gasteiger partial charge in [-0.25, -0.2) is 4.39 Å². The summed E-state index contributed by atoms with van der Waals surface area (Å²) < 4.78 is 12.7. The monoisotopic (exact) mass is 251 g/mol. The maximum absolute atomic E-state index is 12.7. The Balaban J connectivity index is 2.29. The zero-order valence-corrected chi connectivity index (χ0v) is 10.5. The van der Waals surface area contributed by atoms with E-state index in [0.29, 0.717) is 31.4 Å². The molecule has 1 rings (SSSR count). The average molecular weight is 251 g/mol. The highest BCUT2D eigenvalue weighted by Crippen LogP contribution is 2.08. The van der Waals surface area contributed by atoms with Crippen molar-refractivity contribution in [2.45, 2.75) is 32.6 Å². The molecule has 3 nitrogen and oxygen atoms in total. The normalized spacial score (nSPS) is 10.1. The second-order valence-corrected chi connectivity index (χ2v) is 4.13. The third kappa shape index (κ3) is 5.08. The molecule has 0 aliphatic rings. The van der Waals surface area contributed by atoms with Gasteiger partial charge in [-0.3, -0.25) is 9.59 Å². The van der Waals surface area contributed by atoms with E-state index in [1.807, 2.05) is 6.92 Å². The molecule has 0 radical (unpaired) electrons. The van der Waals surface area contributed by atoms with Crippen molar-refractivity contribution < 1.29 is 14.0 Å². The van der Waals surface area contributed by atoms with Crippen LogP contribution in [0.2, 0.25) is 0 Å². The summed E-state index contributed by atoms with van der Waals surface area (Å²) in [5.74, 6) is -0.437. The molecule has 0 heterocycles. The Morgan fingerprint density at radius 3 is 2.44 bits per heavy atom. The number of carbonyl (C=O) groups is 2. The quantitative estimate of drug-likeness (QED) is 0.757. The van der Waals surface area contributed by atoms with Gasteiger partial charge in [0.15, 0.2) is 5.78 Å². The van der Waals surface area contributed by atoms with Gasteiger partial charge in [0.25, 0.3) is 0 Å². The number of hydrogen-bond acceptors (Lipinski definition) is 2. The molecule has 0 bridgehead atoms. The van der Waals surface area contributed by atoms with Crippen LogP contribution >= 0.6 is 0 Å². The highest BCUT2D eigenvalue weighted by molar-refractivity contribution is 5.96. The van der Waals surface area contributed by atoms with Crippen LogP contribution < -0.4 is 5.32 Å². The predicted octanol–water partition coefficient (Wildman–Crippen LogP) is 2.70. The molecule has 0 atom stereocenters. The molecule has 18 heavy (non-hydrogen) atoms. The van der Waals surface area contributed by atoms with Gasteiger partial charge in [-0.15, -0.1) is 0 Å². The molecule has 4 heteroatoms. The predicted molar refractivity (Wildman–Crippen MR) is 67.9 cm³/mol. The minimum atomic E-state index is -0.356. The van der Waals surface area contributed by atoms with Crippen molar-refractivity contribution in [2.75, 3.05) is 6.54 Å². The summed E-state index contributed by atoms with van der Waals surface area (Å²) in [7, 11) is 0. The van der Waals surface area contributed by atoms with E-state index >= 15 is 0 Å². The van der Waals surface area contributed by atoms with Gasteiger partial charge in [0.2, 0.25) is 5.91 Å². The first-order valence-electron chi connectivity index (χ1n) is 6.19. The van der Waals surface area contributed by atoms with Crippen LogP contribution in [-0.4, -0.2) is 18.2 Å². The van der Waals surface area contributed by atoms with Crippen LogP contribution in [0.15, 0.2) is 24.3 Å². The second-order valence-electron chi connectivity index (χ2n) is 4.13. The maximum Gasteiger partial charge on any atom is 0.220 e. The molecule has 0 aromatic heterocycles. The summed E-state index contributed by atoms with van der Waals surface area (Å²) in [6.45, 7) is 2.66. The summed E-state index contributed by atoms with van der Waals surface area (Å²) in [5, 5.41) is 2.75. The van der Waals surface area contributed by atoms with Crippen LogP contribution in [0, 0.1) is 5.82 Å². The smallest absolute Gasteiger partial charge is 0.220 e. The largest absolute Gasteiger partial charge is 0.356 e. The van der Waals surface area contributed by atoms with Crippen LogP contribution in [0.1, 0.15) is 43.0 Å². The first-order chi connectivity index (χ1) is 8.63. The van der Waals surface area contributed by atoms with Gasteiger partial charge < -0.3 is 5.32 Å². The van der Waals surface area contributed by atoms with Crippen molar-refractivity contribution in [3.63, 3.8) is 0 Å². The molecule has 98 valence electrons. The Morgan fingerprint density at radius 1 is 1.17 bits per heavy atom. The Kier molecular flexibility index (Phi) is 6.05. The molecular formula is C14H18FNO2. The van der Waals surface area contributed by atoms with E-state index in [9.17, 15) is 14.0 Å². The lowest BCUT2D eigenvalue weighted by Gasteiger charge is -2.03. The third-order valence-electron chi connectivity index (χ3n) is 2.55. The summed E-state index contributed by atoms with van der Waals surface area (Å²) in [4.78, 5) is 23.0. The molecule has 0 aliphatic heterocycles. The fourth-order valence-electron chi connectivity index (χ4n) is 1.54. The molecule has 0 fully saturated rings. The Hall–Kier alpha value is -1.71. The second kappa shape index (κ2) is 7.58. The van der Waals surface area contributed by atoms with E-state index in [-0.39, 0.29) is 17.5 Å². The molecule has 0 unspecified atom stereocenters. The zero-order valence-electron chi connectivity index (χ0n) is 10.5. The van der Waals surface area contributed by atoms with Gasteiger partial charge in [-0.2, -0.15) is 0 Å². The third-order valence-corrected chi connectivity index (χ3v) is 2.55. The molecule has 1 amide bonds. The van der Waals surface area contributed by atoms with Gasteiger partial charge in [-0.05, 0) is 37.1 Å². The summed E-state index contributed by atoms with van der Waals surface area (Å²) >= 11 is 0. The number of hydrogen-bond donors (Lipinski definition) is 1. The average Bonchev–Trinajstić information content (AvgIpc) is 2.37. The highest BCUT2D eigenvalue weighted by atomic mass is 19.1. The lowest BCUT2D eigenvalue weighted by atomic mass is 10.1. The number of rotatable bonds is 7. The minimum absolute atomic E-state index is 0.0243. The van der Waals surface area contributed by atoms with Gasteiger partial charge in [0.05, 0.1) is 0 Å². The van der Waals surface area contributed by atoms with Crippen LogP contribution in [-0.2, 0) is 4.79 Å². The molecule has 0 saturated carbocycles. The molecule has 1 aromatic rings. The lowest BCUT2D eigenvalue weighted by Crippen LogP contribution is -2.23. The van der Waals surface area contributed by atoms with Crippen molar-refractivity contribution in [1.29, 1.82) is 0 Å². The van der Waals surface area contributed by atoms with Crippen molar-refractivity contribution in [3.8, 4) is 0 Å². The first kappa shape index (κ1) is 14.4. The van der Waals surface area contributed by atoms with Crippen molar-refractivity contribution in [1.82, 2.24) is 5.32 Å². The zero-order chi connectivity index (χ0) is 13.4. The van der Waals surface area contributed by atoms with Crippen molar-refractivity contribution in [2.24, 2.45) is 0 Å². The summed E-state index contributed by atoms with van der Waals surface area (Å²) in [6.07, 6.45) is 2.09. The van der Waals surface area contributed by atoms with Crippen molar-refractivity contribution >= 4 is 11.7 Å². The van der Waals surface area contributed by atoms with Crippen molar-refractivity contribution in [3.05, 3.63) is 35.6 Å². The van der Waals surface area contributed by atoms with E-state index in [2.05, 4.69) is 5.32 Å². The number of carbonyl (C=O) groups excluding carboxylic acids is 2. The topological polar surface area (TPSA) is 46.2 Å². The molecular weight excluding hydrogens is 233 g/mol. The molecule has 0 aliphatic carbocycles. The number of halogens is 1. The van der Waals surface area contributed by atoms with Crippen LogP contribution in [0.25, 0.3) is 0 Å². The lowest BCUT2D eigenvalue weighted by molar-refractivity contribution is -0.121. The van der Waals surface area contributed by atoms with Crippen LogP contribution in [0.4, 0.5) is 4.39 Å².